The molecular weight excluding hydrogens is 1450 g/mol. The highest BCUT2D eigenvalue weighted by Crippen LogP contribution is 2.68. The van der Waals surface area contributed by atoms with Gasteiger partial charge >= 0.3 is 143 Å². The summed E-state index contributed by atoms with van der Waals surface area (Å²) >= 11 is 0. The SMILES string of the molecule is FC(F)(F)C(F)(F)C(F)(F)C(F)(F)C(F)(F)C(F)(F)C(F)(F)C(F)(F)CCCN=C(CCC(F)(F)C(F)(F)C(F)(F)C(F)(F)C(F)(F)C(F)(F)C(F)(F)C(F)(F)F)c1ccc(CCCC(F)(F)C(F)(F)C(F)(F)C(F)(F)C(F)(F)C(F)(F)C(F)(F)C(F)(F)F)cc1. The first-order valence-corrected chi connectivity index (χ1v) is 21.8. The number of nitrogens with zero attached hydrogens (tertiary/aromatic N) is 1. The summed E-state index contributed by atoms with van der Waals surface area (Å²) in [6.45, 7) is -2.39. The monoisotopic (exact) mass is 1470 g/mol. The predicted molar refractivity (Wildman–Crippen MR) is 191 cm³/mol. The molecular formula is C39H20F51N. The number of benzene rings is 1. The van der Waals surface area contributed by atoms with Crippen LogP contribution in [0.1, 0.15) is 49.7 Å². The Bertz CT molecular complexity index is 2670. The molecule has 0 aliphatic heterocycles. The van der Waals surface area contributed by atoms with Crippen molar-refractivity contribution < 1.29 is 224 Å². The fourth-order valence-electron chi connectivity index (χ4n) is 6.54. The Morgan fingerprint density at radius 3 is 0.659 bits per heavy atom. The summed E-state index contributed by atoms with van der Waals surface area (Å²) in [6, 6.07) is -0.370. The molecule has 91 heavy (non-hydrogen) atoms. The van der Waals surface area contributed by atoms with Gasteiger partial charge in [0.15, 0.2) is 0 Å². The Kier molecular flexibility index (Phi) is 21.6. The Hall–Kier alpha value is -4.68. The molecule has 0 bridgehead atoms. The minimum absolute atomic E-state index is 0.0331. The van der Waals surface area contributed by atoms with E-state index in [-0.39, 0.29) is 24.3 Å². The van der Waals surface area contributed by atoms with Crippen LogP contribution in [0.5, 0.6) is 0 Å². The van der Waals surface area contributed by atoms with Crippen molar-refractivity contribution in [3.8, 4) is 0 Å². The maximum absolute atomic E-state index is 14.9. The lowest BCUT2D eigenvalue weighted by molar-refractivity contribution is -0.461. The van der Waals surface area contributed by atoms with Crippen LogP contribution in [0.15, 0.2) is 29.3 Å². The second-order valence-corrected chi connectivity index (χ2v) is 18.4. The summed E-state index contributed by atoms with van der Waals surface area (Å²) in [7, 11) is 0. The van der Waals surface area contributed by atoms with Gasteiger partial charge in [0.1, 0.15) is 0 Å². The van der Waals surface area contributed by atoms with Crippen molar-refractivity contribution in [1.29, 1.82) is 0 Å². The van der Waals surface area contributed by atoms with Gasteiger partial charge in [-0.15, -0.1) is 0 Å². The predicted octanol–water partition coefficient (Wildman–Crippen LogP) is 20.4. The fourth-order valence-corrected chi connectivity index (χ4v) is 6.54. The maximum atomic E-state index is 14.9. The van der Waals surface area contributed by atoms with Gasteiger partial charge in [-0.25, -0.2) is 0 Å². The first-order chi connectivity index (χ1) is 39.0. The van der Waals surface area contributed by atoms with Gasteiger partial charge in [0.2, 0.25) is 0 Å². The number of halogens is 51. The average Bonchev–Trinajstić information content (AvgIpc) is 0.710. The van der Waals surface area contributed by atoms with E-state index in [9.17, 15) is 224 Å². The van der Waals surface area contributed by atoms with Crippen molar-refractivity contribution in [2.24, 2.45) is 4.99 Å². The van der Waals surface area contributed by atoms with Crippen molar-refractivity contribution in [1.82, 2.24) is 0 Å². The van der Waals surface area contributed by atoms with Gasteiger partial charge in [-0.2, -0.15) is 224 Å². The molecule has 0 heterocycles. The average molecular weight is 1470 g/mol. The number of aryl methyl sites for hydroxylation is 1. The molecule has 0 aromatic heterocycles. The second kappa shape index (κ2) is 23.3. The summed E-state index contributed by atoms with van der Waals surface area (Å²) in [4.78, 5) is 2.64. The highest BCUT2D eigenvalue weighted by molar-refractivity contribution is 6.00. The van der Waals surface area contributed by atoms with Gasteiger partial charge in [-0.05, 0) is 36.8 Å². The van der Waals surface area contributed by atoms with Crippen LogP contribution in [-0.2, 0) is 6.42 Å². The molecule has 0 aliphatic carbocycles. The molecule has 0 atom stereocenters. The molecule has 0 amide bonds. The lowest BCUT2D eigenvalue weighted by Gasteiger charge is -2.42. The summed E-state index contributed by atoms with van der Waals surface area (Å²) in [6.07, 6.45) is -44.5. The molecule has 0 unspecified atom stereocenters. The number of aliphatic imine (C=N–C) groups is 1. The maximum Gasteiger partial charge on any atom is 0.460 e. The van der Waals surface area contributed by atoms with Crippen molar-refractivity contribution in [2.75, 3.05) is 6.54 Å². The molecule has 0 spiro atoms. The van der Waals surface area contributed by atoms with Crippen molar-refractivity contribution in [3.05, 3.63) is 35.4 Å². The van der Waals surface area contributed by atoms with Gasteiger partial charge in [-0.1, -0.05) is 24.3 Å². The van der Waals surface area contributed by atoms with E-state index in [2.05, 4.69) is 4.99 Å². The lowest BCUT2D eigenvalue weighted by atomic mass is 9.87. The largest absolute Gasteiger partial charge is 0.460 e. The molecule has 1 rings (SSSR count). The lowest BCUT2D eigenvalue weighted by Crippen LogP contribution is -2.74. The van der Waals surface area contributed by atoms with E-state index in [1.54, 1.807) is 0 Å². The summed E-state index contributed by atoms with van der Waals surface area (Å²) in [5.41, 5.74) is -4.77. The molecule has 0 saturated heterocycles. The zero-order chi connectivity index (χ0) is 73.9. The van der Waals surface area contributed by atoms with E-state index in [1.165, 1.54) is 0 Å². The van der Waals surface area contributed by atoms with Crippen LogP contribution >= 0.6 is 0 Å². The van der Waals surface area contributed by atoms with Crippen LogP contribution in [0, 0.1) is 0 Å². The summed E-state index contributed by atoms with van der Waals surface area (Å²) in [5.74, 6) is -183. The third-order valence-corrected chi connectivity index (χ3v) is 12.2. The Labute approximate surface area is 465 Å². The van der Waals surface area contributed by atoms with Gasteiger partial charge in [0, 0.05) is 31.5 Å². The zero-order valence-corrected chi connectivity index (χ0v) is 41.2. The molecule has 538 valence electrons. The third-order valence-electron chi connectivity index (χ3n) is 12.2. The van der Waals surface area contributed by atoms with Crippen molar-refractivity contribution in [3.63, 3.8) is 0 Å². The van der Waals surface area contributed by atoms with E-state index >= 15 is 0 Å². The van der Waals surface area contributed by atoms with Crippen LogP contribution in [0.3, 0.4) is 0 Å². The molecule has 1 aromatic rings. The minimum Gasteiger partial charge on any atom is -0.289 e. The molecule has 0 fully saturated rings. The first-order valence-electron chi connectivity index (χ1n) is 21.8. The third kappa shape index (κ3) is 12.3. The number of hydrogen-bond acceptors (Lipinski definition) is 1. The number of alkyl halides is 51. The quantitative estimate of drug-likeness (QED) is 0.0414. The standard InChI is InChI=1S/C39H20F51N/c40-16(41,19(46,47)22(52,53)25(58,59)28(64,65)31(70,71)34(76,77)37(82,83)84)9-1-3-13-4-6-14(7-5-13)15(8-11-18(44,45)21(50,51)24(56,57)27(62,63)30(68,69)33(74,75)36(80,81)39(88,89)90)91-12-2-10-17(42,43)20(48,49)23(54,55)26(60,61)29(66,67)32(72,73)35(78,79)38(85,86)87/h4-7H,1-3,8-12H2. The van der Waals surface area contributed by atoms with E-state index in [1.807, 2.05) is 0 Å². The van der Waals surface area contributed by atoms with Crippen LogP contribution in [0.2, 0.25) is 0 Å². The van der Waals surface area contributed by atoms with Crippen molar-refractivity contribution in [2.45, 2.75) is 188 Å². The van der Waals surface area contributed by atoms with E-state index in [0.29, 0.717) is 0 Å². The molecule has 0 saturated carbocycles. The highest BCUT2D eigenvalue weighted by atomic mass is 19.5. The molecule has 1 nitrogen and oxygen atoms in total. The van der Waals surface area contributed by atoms with Crippen molar-refractivity contribution >= 4 is 5.71 Å². The number of hydrogen-bond donors (Lipinski definition) is 0. The molecule has 0 N–H and O–H groups in total. The second-order valence-electron chi connectivity index (χ2n) is 18.4. The van der Waals surface area contributed by atoms with Gasteiger partial charge in [0.25, 0.3) is 0 Å². The van der Waals surface area contributed by atoms with E-state index in [4.69, 9.17) is 0 Å². The number of rotatable bonds is 30. The van der Waals surface area contributed by atoms with Crippen LogP contribution in [0.4, 0.5) is 224 Å². The molecule has 0 aliphatic rings. The highest BCUT2D eigenvalue weighted by Gasteiger charge is 2.98. The van der Waals surface area contributed by atoms with Gasteiger partial charge in [-0.3, -0.25) is 4.99 Å². The fraction of sp³-hybridized carbons (Fsp3) is 0.821. The van der Waals surface area contributed by atoms with Crippen LogP contribution in [0.25, 0.3) is 0 Å². The Morgan fingerprint density at radius 1 is 0.231 bits per heavy atom. The normalized spacial score (nSPS) is 16.7. The zero-order valence-electron chi connectivity index (χ0n) is 41.2. The molecule has 1 aromatic carbocycles. The van der Waals surface area contributed by atoms with E-state index < -0.39 is 211 Å². The van der Waals surface area contributed by atoms with Crippen LogP contribution in [-0.4, -0.2) is 155 Å². The summed E-state index contributed by atoms with van der Waals surface area (Å²) < 4.78 is 698. The Morgan fingerprint density at radius 2 is 0.429 bits per heavy atom. The van der Waals surface area contributed by atoms with Gasteiger partial charge in [0.05, 0.1) is 0 Å². The molecule has 52 heteroatoms. The smallest absolute Gasteiger partial charge is 0.289 e. The first kappa shape index (κ1) is 84.3. The minimum atomic E-state index is -9.31. The van der Waals surface area contributed by atoms with Crippen LogP contribution < -0.4 is 0 Å². The molecule has 0 radical (unpaired) electrons. The van der Waals surface area contributed by atoms with Gasteiger partial charge < -0.3 is 0 Å². The summed E-state index contributed by atoms with van der Waals surface area (Å²) in [5, 5.41) is 0. The van der Waals surface area contributed by atoms with E-state index in [0.717, 1.165) is 0 Å². The Balaban J connectivity index is 4.00. The topological polar surface area (TPSA) is 12.4 Å².